The molecule has 2 aromatic carbocycles. The summed E-state index contributed by atoms with van der Waals surface area (Å²) in [6.07, 6.45) is 0.426. The van der Waals surface area contributed by atoms with Crippen LogP contribution in [0, 0.1) is 5.82 Å². The second kappa shape index (κ2) is 6.36. The molecule has 1 amide bonds. The summed E-state index contributed by atoms with van der Waals surface area (Å²) in [6.45, 7) is -0.0506. The van der Waals surface area contributed by atoms with Crippen LogP contribution in [0.3, 0.4) is 0 Å². The molecule has 0 aliphatic heterocycles. The van der Waals surface area contributed by atoms with Gasteiger partial charge < -0.3 is 15.4 Å². The third kappa shape index (κ3) is 3.18. The number of aliphatic hydroxyl groups is 1. The van der Waals surface area contributed by atoms with Gasteiger partial charge in [0.2, 0.25) is 0 Å². The summed E-state index contributed by atoms with van der Waals surface area (Å²) in [7, 11) is 0. The normalized spacial score (nSPS) is 12.3. The summed E-state index contributed by atoms with van der Waals surface area (Å²) in [6, 6.07) is 9.19. The van der Waals surface area contributed by atoms with Gasteiger partial charge in [0.1, 0.15) is 11.3 Å². The van der Waals surface area contributed by atoms with E-state index in [9.17, 15) is 14.3 Å². The van der Waals surface area contributed by atoms with Crippen LogP contribution in [0.4, 0.5) is 4.39 Å². The number of aromatic amines is 1. The maximum Gasteiger partial charge on any atom is 0.253 e. The number of nitrogens with one attached hydrogen (secondary N) is 2. The molecule has 3 rings (SSSR count). The van der Waals surface area contributed by atoms with Crippen molar-refractivity contribution >= 4 is 28.5 Å². The molecule has 0 spiro atoms. The van der Waals surface area contributed by atoms with Crippen LogP contribution in [0.2, 0.25) is 5.02 Å². The first-order valence-electron chi connectivity index (χ1n) is 6.89. The fraction of sp³-hybridized carbons (Fsp3) is 0.125. The highest BCUT2D eigenvalue weighted by Crippen LogP contribution is 2.22. The average Bonchev–Trinajstić information content (AvgIpc) is 3.00. The SMILES string of the molecule is O=C(NCC(O)c1ccccc1Cl)c1cc(F)cc2[nH]cnc12. The second-order valence-electron chi connectivity index (χ2n) is 5.00. The number of H-pyrrole nitrogens is 1. The van der Waals surface area contributed by atoms with Gasteiger partial charge in [-0.2, -0.15) is 0 Å². The molecule has 118 valence electrons. The van der Waals surface area contributed by atoms with Gasteiger partial charge in [-0.1, -0.05) is 29.8 Å². The van der Waals surface area contributed by atoms with E-state index >= 15 is 0 Å². The lowest BCUT2D eigenvalue weighted by atomic mass is 10.1. The number of carbonyl (C=O) groups is 1. The van der Waals surface area contributed by atoms with Crippen LogP contribution in [0.25, 0.3) is 11.0 Å². The first kappa shape index (κ1) is 15.5. The van der Waals surface area contributed by atoms with Crippen LogP contribution in [-0.2, 0) is 0 Å². The molecule has 0 saturated carbocycles. The highest BCUT2D eigenvalue weighted by molar-refractivity contribution is 6.31. The van der Waals surface area contributed by atoms with E-state index in [1.165, 1.54) is 12.4 Å². The Balaban J connectivity index is 1.76. The number of carbonyl (C=O) groups excluding carboxylic acids is 1. The fourth-order valence-electron chi connectivity index (χ4n) is 2.33. The molecule has 5 nitrogen and oxygen atoms in total. The molecular formula is C16H13ClFN3O2. The Morgan fingerprint density at radius 2 is 2.17 bits per heavy atom. The van der Waals surface area contributed by atoms with Crippen LogP contribution in [0.1, 0.15) is 22.0 Å². The van der Waals surface area contributed by atoms with Gasteiger partial charge in [0.05, 0.1) is 23.5 Å². The van der Waals surface area contributed by atoms with E-state index in [0.717, 1.165) is 6.07 Å². The first-order valence-corrected chi connectivity index (χ1v) is 7.27. The Morgan fingerprint density at radius 3 is 2.96 bits per heavy atom. The maximum absolute atomic E-state index is 13.6. The molecule has 1 atom stereocenters. The molecule has 0 bridgehead atoms. The summed E-state index contributed by atoms with van der Waals surface area (Å²) in [5.41, 5.74) is 1.42. The number of rotatable bonds is 4. The van der Waals surface area contributed by atoms with Crippen molar-refractivity contribution in [1.29, 1.82) is 0 Å². The van der Waals surface area contributed by atoms with E-state index in [1.54, 1.807) is 24.3 Å². The highest BCUT2D eigenvalue weighted by atomic mass is 35.5. The highest BCUT2D eigenvalue weighted by Gasteiger charge is 2.17. The van der Waals surface area contributed by atoms with Gasteiger partial charge in [-0.3, -0.25) is 4.79 Å². The van der Waals surface area contributed by atoms with E-state index in [2.05, 4.69) is 15.3 Å². The minimum absolute atomic E-state index is 0.0506. The molecule has 1 unspecified atom stereocenters. The quantitative estimate of drug-likeness (QED) is 0.687. The Morgan fingerprint density at radius 1 is 1.39 bits per heavy atom. The van der Waals surface area contributed by atoms with Crippen LogP contribution in [0.5, 0.6) is 0 Å². The van der Waals surface area contributed by atoms with Gasteiger partial charge in [0.15, 0.2) is 0 Å². The predicted octanol–water partition coefficient (Wildman–Crippen LogP) is 2.82. The lowest BCUT2D eigenvalue weighted by Gasteiger charge is -2.13. The van der Waals surface area contributed by atoms with E-state index in [4.69, 9.17) is 11.6 Å². The zero-order chi connectivity index (χ0) is 16.4. The number of aliphatic hydroxyl groups excluding tert-OH is 1. The third-order valence-corrected chi connectivity index (χ3v) is 3.80. The van der Waals surface area contributed by atoms with Crippen LogP contribution in [0.15, 0.2) is 42.7 Å². The van der Waals surface area contributed by atoms with Crippen LogP contribution in [-0.4, -0.2) is 27.5 Å². The summed E-state index contributed by atoms with van der Waals surface area (Å²) >= 11 is 6.00. The van der Waals surface area contributed by atoms with Gasteiger partial charge >= 0.3 is 0 Å². The fourth-order valence-corrected chi connectivity index (χ4v) is 2.59. The Hall–Kier alpha value is -2.44. The second-order valence-corrected chi connectivity index (χ2v) is 5.41. The molecule has 0 aliphatic rings. The van der Waals surface area contributed by atoms with Crippen molar-refractivity contribution in [3.8, 4) is 0 Å². The number of halogens is 2. The monoisotopic (exact) mass is 333 g/mol. The van der Waals surface area contributed by atoms with Crippen molar-refractivity contribution in [2.24, 2.45) is 0 Å². The van der Waals surface area contributed by atoms with Crippen molar-refractivity contribution in [2.75, 3.05) is 6.54 Å². The molecule has 0 aliphatic carbocycles. The number of nitrogens with zero attached hydrogens (tertiary/aromatic N) is 1. The Labute approximate surface area is 136 Å². The third-order valence-electron chi connectivity index (χ3n) is 3.45. The number of aromatic nitrogens is 2. The summed E-state index contributed by atoms with van der Waals surface area (Å²) in [5.74, 6) is -1.06. The van der Waals surface area contributed by atoms with Gasteiger partial charge in [0.25, 0.3) is 5.91 Å². The smallest absolute Gasteiger partial charge is 0.253 e. The molecule has 0 radical (unpaired) electrons. The number of hydrogen-bond donors (Lipinski definition) is 3. The molecule has 0 fully saturated rings. The summed E-state index contributed by atoms with van der Waals surface area (Å²) in [4.78, 5) is 19.0. The van der Waals surface area contributed by atoms with Gasteiger partial charge in [0, 0.05) is 17.1 Å². The molecule has 3 aromatic rings. The van der Waals surface area contributed by atoms with E-state index < -0.39 is 17.8 Å². The molecular weight excluding hydrogens is 321 g/mol. The molecule has 1 aromatic heterocycles. The maximum atomic E-state index is 13.6. The van der Waals surface area contributed by atoms with E-state index in [1.807, 2.05) is 0 Å². The largest absolute Gasteiger partial charge is 0.387 e. The number of hydrogen-bond acceptors (Lipinski definition) is 3. The van der Waals surface area contributed by atoms with Crippen molar-refractivity contribution < 1.29 is 14.3 Å². The molecule has 3 N–H and O–H groups in total. The number of amides is 1. The van der Waals surface area contributed by atoms with Crippen molar-refractivity contribution in [3.63, 3.8) is 0 Å². The van der Waals surface area contributed by atoms with E-state index in [-0.39, 0.29) is 12.1 Å². The number of fused-ring (bicyclic) bond motifs is 1. The minimum atomic E-state index is -0.962. The van der Waals surface area contributed by atoms with Gasteiger partial charge in [-0.15, -0.1) is 0 Å². The van der Waals surface area contributed by atoms with Crippen LogP contribution >= 0.6 is 11.6 Å². The Bertz CT molecular complexity index is 865. The summed E-state index contributed by atoms with van der Waals surface area (Å²) in [5, 5.41) is 13.1. The predicted molar refractivity (Wildman–Crippen MR) is 84.8 cm³/mol. The van der Waals surface area contributed by atoms with Crippen LogP contribution < -0.4 is 5.32 Å². The molecule has 23 heavy (non-hydrogen) atoms. The lowest BCUT2D eigenvalue weighted by Crippen LogP contribution is -2.28. The lowest BCUT2D eigenvalue weighted by molar-refractivity contribution is 0.0917. The first-order chi connectivity index (χ1) is 11.1. The molecule has 1 heterocycles. The summed E-state index contributed by atoms with van der Waals surface area (Å²) < 4.78 is 13.6. The van der Waals surface area contributed by atoms with Crippen molar-refractivity contribution in [2.45, 2.75) is 6.10 Å². The number of imidazole rings is 1. The zero-order valence-corrected chi connectivity index (χ0v) is 12.6. The standard InChI is InChI=1S/C16H13ClFN3O2/c17-12-4-2-1-3-10(12)14(22)7-19-16(23)11-5-9(18)6-13-15(11)21-8-20-13/h1-6,8,14,22H,7H2,(H,19,23)(H,20,21). The average molecular weight is 334 g/mol. The van der Waals surface area contributed by atoms with Gasteiger partial charge in [-0.25, -0.2) is 9.37 Å². The van der Waals surface area contributed by atoms with Crippen molar-refractivity contribution in [1.82, 2.24) is 15.3 Å². The number of benzene rings is 2. The van der Waals surface area contributed by atoms with Crippen molar-refractivity contribution in [3.05, 3.63) is 64.7 Å². The molecule has 0 saturated heterocycles. The topological polar surface area (TPSA) is 78.0 Å². The minimum Gasteiger partial charge on any atom is -0.387 e. The zero-order valence-electron chi connectivity index (χ0n) is 11.9. The van der Waals surface area contributed by atoms with Gasteiger partial charge in [-0.05, 0) is 18.2 Å². The Kier molecular flexibility index (Phi) is 4.27. The molecule has 7 heteroatoms. The van der Waals surface area contributed by atoms with E-state index in [0.29, 0.717) is 21.6 Å².